The quantitative estimate of drug-likeness (QED) is 0.822. The molecule has 0 aliphatic rings. The van der Waals surface area contributed by atoms with Crippen LogP contribution in [-0.2, 0) is 5.75 Å². The van der Waals surface area contributed by atoms with Gasteiger partial charge in [0.05, 0.1) is 11.7 Å². The molecule has 2 aromatic rings. The lowest BCUT2D eigenvalue weighted by Crippen LogP contribution is -2.07. The standard InChI is InChI=1S/C13H19N5S/c1-3-11(4-2)18-8-5-10(17-18)9-19-13-12(14)15-6-7-16-13/h5-8,11H,3-4,9H2,1-2H3,(H2,14,15). The van der Waals surface area contributed by atoms with Gasteiger partial charge in [0.15, 0.2) is 5.82 Å². The molecular formula is C13H19N5S. The van der Waals surface area contributed by atoms with Crippen molar-refractivity contribution in [3.8, 4) is 0 Å². The summed E-state index contributed by atoms with van der Waals surface area (Å²) in [4.78, 5) is 8.23. The van der Waals surface area contributed by atoms with E-state index in [1.165, 1.54) is 0 Å². The molecule has 2 heterocycles. The maximum atomic E-state index is 5.76. The first-order valence-electron chi connectivity index (χ1n) is 6.47. The van der Waals surface area contributed by atoms with Crippen molar-refractivity contribution < 1.29 is 0 Å². The van der Waals surface area contributed by atoms with Gasteiger partial charge in [0.2, 0.25) is 0 Å². The summed E-state index contributed by atoms with van der Waals surface area (Å²) >= 11 is 1.57. The van der Waals surface area contributed by atoms with E-state index in [2.05, 4.69) is 39.7 Å². The van der Waals surface area contributed by atoms with Crippen LogP contribution < -0.4 is 5.73 Å². The van der Waals surface area contributed by atoms with Gasteiger partial charge in [0, 0.05) is 24.3 Å². The Morgan fingerprint density at radius 1 is 1.26 bits per heavy atom. The molecule has 0 saturated carbocycles. The van der Waals surface area contributed by atoms with Gasteiger partial charge in [-0.05, 0) is 18.9 Å². The number of nitrogens with two attached hydrogens (primary N) is 1. The number of rotatable bonds is 6. The highest BCUT2D eigenvalue weighted by atomic mass is 32.2. The van der Waals surface area contributed by atoms with Crippen LogP contribution in [0.5, 0.6) is 0 Å². The van der Waals surface area contributed by atoms with E-state index in [1.54, 1.807) is 24.2 Å². The number of nitrogen functional groups attached to an aromatic ring is 1. The van der Waals surface area contributed by atoms with Crippen LogP contribution in [0.1, 0.15) is 38.4 Å². The Balaban J connectivity index is 1.99. The molecule has 19 heavy (non-hydrogen) atoms. The van der Waals surface area contributed by atoms with Crippen LogP contribution in [0, 0.1) is 0 Å². The number of nitrogens with zero attached hydrogens (tertiary/aromatic N) is 4. The van der Waals surface area contributed by atoms with E-state index in [1.807, 2.05) is 6.20 Å². The fourth-order valence-corrected chi connectivity index (χ4v) is 2.68. The van der Waals surface area contributed by atoms with Crippen molar-refractivity contribution in [2.45, 2.75) is 43.5 Å². The van der Waals surface area contributed by atoms with Gasteiger partial charge in [-0.25, -0.2) is 9.97 Å². The Morgan fingerprint density at radius 2 is 2.00 bits per heavy atom. The second-order valence-corrected chi connectivity index (χ2v) is 5.26. The van der Waals surface area contributed by atoms with Crippen LogP contribution in [0.3, 0.4) is 0 Å². The molecule has 102 valence electrons. The third-order valence-electron chi connectivity index (χ3n) is 3.03. The first-order valence-corrected chi connectivity index (χ1v) is 7.46. The van der Waals surface area contributed by atoms with Gasteiger partial charge in [-0.15, -0.1) is 0 Å². The summed E-state index contributed by atoms with van der Waals surface area (Å²) in [6.07, 6.45) is 7.50. The van der Waals surface area contributed by atoms with E-state index in [0.717, 1.165) is 29.3 Å². The molecule has 0 fully saturated rings. The zero-order chi connectivity index (χ0) is 13.7. The van der Waals surface area contributed by atoms with Gasteiger partial charge in [0.25, 0.3) is 0 Å². The van der Waals surface area contributed by atoms with Gasteiger partial charge in [-0.2, -0.15) is 5.10 Å². The number of hydrogen-bond acceptors (Lipinski definition) is 5. The highest BCUT2D eigenvalue weighted by Crippen LogP contribution is 2.24. The molecule has 0 saturated heterocycles. The topological polar surface area (TPSA) is 69.6 Å². The molecule has 0 radical (unpaired) electrons. The Labute approximate surface area is 117 Å². The molecule has 0 aliphatic heterocycles. The summed E-state index contributed by atoms with van der Waals surface area (Å²) < 4.78 is 2.05. The molecule has 5 nitrogen and oxygen atoms in total. The van der Waals surface area contributed by atoms with Gasteiger partial charge in [0.1, 0.15) is 5.03 Å². The zero-order valence-corrected chi connectivity index (χ0v) is 12.1. The predicted octanol–water partition coefficient (Wildman–Crippen LogP) is 2.91. The third-order valence-corrected chi connectivity index (χ3v) is 4.06. The van der Waals surface area contributed by atoms with E-state index in [0.29, 0.717) is 11.9 Å². The first kappa shape index (κ1) is 13.9. The smallest absolute Gasteiger partial charge is 0.156 e. The summed E-state index contributed by atoms with van der Waals surface area (Å²) in [6.45, 7) is 4.37. The van der Waals surface area contributed by atoms with Crippen LogP contribution in [0.25, 0.3) is 0 Å². The highest BCUT2D eigenvalue weighted by molar-refractivity contribution is 7.98. The molecule has 0 aromatic carbocycles. The van der Waals surface area contributed by atoms with Crippen LogP contribution in [-0.4, -0.2) is 19.7 Å². The summed E-state index contributed by atoms with van der Waals surface area (Å²) in [5.41, 5.74) is 6.80. The molecule has 6 heteroatoms. The minimum Gasteiger partial charge on any atom is -0.381 e. The minimum absolute atomic E-state index is 0.479. The average Bonchev–Trinajstić information content (AvgIpc) is 2.88. The van der Waals surface area contributed by atoms with Crippen LogP contribution in [0.4, 0.5) is 5.82 Å². The van der Waals surface area contributed by atoms with E-state index in [4.69, 9.17) is 5.73 Å². The summed E-state index contributed by atoms with van der Waals surface area (Å²) in [5.74, 6) is 1.24. The van der Waals surface area contributed by atoms with Crippen molar-refractivity contribution in [2.24, 2.45) is 0 Å². The SMILES string of the molecule is CCC(CC)n1ccc(CSc2nccnc2N)n1. The highest BCUT2D eigenvalue weighted by Gasteiger charge is 2.09. The molecule has 0 amide bonds. The molecule has 0 spiro atoms. The lowest BCUT2D eigenvalue weighted by Gasteiger charge is -2.12. The molecule has 0 aliphatic carbocycles. The first-order chi connectivity index (χ1) is 9.24. The molecule has 0 unspecified atom stereocenters. The van der Waals surface area contributed by atoms with E-state index < -0.39 is 0 Å². The monoisotopic (exact) mass is 277 g/mol. The normalized spacial score (nSPS) is 11.1. The maximum absolute atomic E-state index is 5.76. The third kappa shape index (κ3) is 3.47. The molecule has 2 rings (SSSR count). The van der Waals surface area contributed by atoms with E-state index in [-0.39, 0.29) is 0 Å². The largest absolute Gasteiger partial charge is 0.381 e. The lowest BCUT2D eigenvalue weighted by atomic mass is 10.2. The van der Waals surface area contributed by atoms with Gasteiger partial charge >= 0.3 is 0 Å². The van der Waals surface area contributed by atoms with Crippen molar-refractivity contribution in [1.29, 1.82) is 0 Å². The van der Waals surface area contributed by atoms with Crippen molar-refractivity contribution in [1.82, 2.24) is 19.7 Å². The van der Waals surface area contributed by atoms with Crippen molar-refractivity contribution in [2.75, 3.05) is 5.73 Å². The van der Waals surface area contributed by atoms with Crippen LogP contribution >= 0.6 is 11.8 Å². The average molecular weight is 277 g/mol. The van der Waals surface area contributed by atoms with E-state index in [9.17, 15) is 0 Å². The molecular weight excluding hydrogens is 258 g/mol. The number of anilines is 1. The minimum atomic E-state index is 0.479. The van der Waals surface area contributed by atoms with Crippen LogP contribution in [0.15, 0.2) is 29.7 Å². The Hall–Kier alpha value is -1.56. The van der Waals surface area contributed by atoms with Crippen molar-refractivity contribution >= 4 is 17.6 Å². The number of thioether (sulfide) groups is 1. The molecule has 0 atom stereocenters. The second-order valence-electron chi connectivity index (χ2n) is 4.29. The van der Waals surface area contributed by atoms with Gasteiger partial charge in [-0.1, -0.05) is 25.6 Å². The fourth-order valence-electron chi connectivity index (χ4n) is 1.91. The summed E-state index contributed by atoms with van der Waals surface area (Å²) in [7, 11) is 0. The Bertz CT molecular complexity index is 521. The predicted molar refractivity (Wildman–Crippen MR) is 77.9 cm³/mol. The Kier molecular flexibility index (Phi) is 4.79. The number of hydrogen-bond donors (Lipinski definition) is 1. The summed E-state index contributed by atoms with van der Waals surface area (Å²) in [6, 6.07) is 2.54. The van der Waals surface area contributed by atoms with Gasteiger partial charge < -0.3 is 5.73 Å². The maximum Gasteiger partial charge on any atom is 0.156 e. The molecule has 2 N–H and O–H groups in total. The lowest BCUT2D eigenvalue weighted by molar-refractivity contribution is 0.426. The van der Waals surface area contributed by atoms with Crippen molar-refractivity contribution in [3.63, 3.8) is 0 Å². The molecule has 2 aromatic heterocycles. The second kappa shape index (κ2) is 6.56. The fraction of sp³-hybridized carbons (Fsp3) is 0.462. The van der Waals surface area contributed by atoms with E-state index >= 15 is 0 Å². The van der Waals surface area contributed by atoms with Crippen molar-refractivity contribution in [3.05, 3.63) is 30.4 Å². The van der Waals surface area contributed by atoms with Crippen LogP contribution in [0.2, 0.25) is 0 Å². The van der Waals surface area contributed by atoms with Gasteiger partial charge in [-0.3, -0.25) is 4.68 Å². The Morgan fingerprint density at radius 3 is 2.68 bits per heavy atom. The summed E-state index contributed by atoms with van der Waals surface area (Å²) in [5, 5.41) is 5.37. The zero-order valence-electron chi connectivity index (χ0n) is 11.3. The number of aromatic nitrogens is 4. The molecule has 0 bridgehead atoms.